The number of quaternary nitrogens is 1. The Bertz CT molecular complexity index is 1330. The molecule has 4 heterocycles. The standard InChI is InChI=1S/C27H26F5N2O2.BrH/c1-3-14-12-34(13-19-22(28)24(30)26(32)25(31)23(19)29)9-7-15(14)10-21(34)27(35)17-6-8-33-20-5-4-16(36-2)11-18(17)20;/h3-6,8,11,14-15,21,27,35H,1,7,9-10,12-13H2,2H3;1H/q+1;/p-1/t14-,15-,21+,27-,34-;/m0./s1. The molecule has 0 spiro atoms. The number of halogens is 6. The molecule has 4 nitrogen and oxygen atoms in total. The first-order chi connectivity index (χ1) is 17.2. The van der Waals surface area contributed by atoms with Crippen LogP contribution in [0.5, 0.6) is 5.75 Å². The van der Waals surface area contributed by atoms with E-state index in [1.165, 1.54) is 7.11 Å². The molecular formula is C27H26BrF5N2O2. The van der Waals surface area contributed by atoms with Gasteiger partial charge in [0, 0.05) is 30.3 Å². The maximum Gasteiger partial charge on any atom is 0.200 e. The second-order valence-electron chi connectivity index (χ2n) is 9.81. The number of hydrogen-bond acceptors (Lipinski definition) is 3. The first-order valence-corrected chi connectivity index (χ1v) is 11.8. The number of rotatable bonds is 6. The van der Waals surface area contributed by atoms with Gasteiger partial charge in [-0.05, 0) is 35.7 Å². The van der Waals surface area contributed by atoms with Gasteiger partial charge in [-0.15, -0.1) is 6.58 Å². The minimum atomic E-state index is -2.18. The molecule has 0 aliphatic carbocycles. The molecule has 10 heteroatoms. The van der Waals surface area contributed by atoms with E-state index in [-0.39, 0.29) is 33.3 Å². The first kappa shape index (κ1) is 27.5. The van der Waals surface area contributed by atoms with Crippen molar-refractivity contribution in [2.24, 2.45) is 11.8 Å². The number of benzene rings is 2. The Balaban J connectivity index is 0.00000320. The second-order valence-corrected chi connectivity index (χ2v) is 9.81. The molecule has 6 rings (SSSR count). The Labute approximate surface area is 221 Å². The van der Waals surface area contributed by atoms with Crippen LogP contribution in [0.2, 0.25) is 0 Å². The van der Waals surface area contributed by atoms with E-state index in [9.17, 15) is 27.1 Å². The number of ether oxygens (including phenoxy) is 1. The van der Waals surface area contributed by atoms with Crippen LogP contribution in [0.4, 0.5) is 22.0 Å². The number of methoxy groups -OCH3 is 1. The SMILES string of the molecule is C=C[C@H]1C[N@+]2(Cc3c(F)c(F)c(F)c(F)c3F)CC[C@H]1C[C@@H]2[C@@H](O)c1ccnc2ccc(OC)cc12.[Br-]. The summed E-state index contributed by atoms with van der Waals surface area (Å²) < 4.78 is 76.7. The van der Waals surface area contributed by atoms with Crippen molar-refractivity contribution in [1.82, 2.24) is 4.98 Å². The van der Waals surface area contributed by atoms with E-state index in [1.54, 1.807) is 36.5 Å². The third-order valence-corrected chi connectivity index (χ3v) is 8.11. The summed E-state index contributed by atoms with van der Waals surface area (Å²) in [5, 5.41) is 12.4. The Morgan fingerprint density at radius 3 is 2.43 bits per heavy atom. The van der Waals surface area contributed by atoms with Crippen molar-refractivity contribution in [1.29, 1.82) is 0 Å². The molecule has 37 heavy (non-hydrogen) atoms. The minimum Gasteiger partial charge on any atom is -1.00 e. The van der Waals surface area contributed by atoms with Gasteiger partial charge in [-0.3, -0.25) is 4.98 Å². The number of pyridine rings is 1. The number of aromatic nitrogens is 1. The summed E-state index contributed by atoms with van der Waals surface area (Å²) in [6, 6.07) is 6.44. The van der Waals surface area contributed by atoms with Crippen molar-refractivity contribution in [2.45, 2.75) is 31.5 Å². The third-order valence-electron chi connectivity index (χ3n) is 8.11. The molecule has 2 aromatic carbocycles. The fourth-order valence-electron chi connectivity index (χ4n) is 6.22. The van der Waals surface area contributed by atoms with Crippen LogP contribution in [-0.4, -0.2) is 40.8 Å². The van der Waals surface area contributed by atoms with Gasteiger partial charge in [-0.2, -0.15) is 0 Å². The maximum absolute atomic E-state index is 14.8. The monoisotopic (exact) mass is 584 g/mol. The van der Waals surface area contributed by atoms with Gasteiger partial charge >= 0.3 is 0 Å². The fraction of sp³-hybridized carbons (Fsp3) is 0.370. The zero-order valence-corrected chi connectivity index (χ0v) is 21.6. The van der Waals surface area contributed by atoms with Crippen molar-refractivity contribution in [3.8, 4) is 5.75 Å². The molecule has 1 aromatic heterocycles. The lowest BCUT2D eigenvalue weighted by molar-refractivity contribution is -0.985. The number of nitrogens with zero attached hydrogens (tertiary/aromatic N) is 2. The van der Waals surface area contributed by atoms with Crippen LogP contribution in [0.25, 0.3) is 10.9 Å². The number of fused-ring (bicyclic) bond motifs is 4. The van der Waals surface area contributed by atoms with Crippen molar-refractivity contribution >= 4 is 10.9 Å². The molecule has 3 aromatic rings. The molecule has 5 atom stereocenters. The van der Waals surface area contributed by atoms with Crippen LogP contribution in [0.15, 0.2) is 43.1 Å². The largest absolute Gasteiger partial charge is 1.00 e. The Morgan fingerprint density at radius 1 is 1.11 bits per heavy atom. The molecule has 0 amide bonds. The molecule has 0 unspecified atom stereocenters. The molecule has 3 aliphatic rings. The van der Waals surface area contributed by atoms with Crippen molar-refractivity contribution in [3.63, 3.8) is 0 Å². The van der Waals surface area contributed by atoms with Gasteiger partial charge in [0.25, 0.3) is 0 Å². The van der Waals surface area contributed by atoms with Crippen LogP contribution in [0, 0.1) is 40.9 Å². The molecule has 0 radical (unpaired) electrons. The zero-order valence-electron chi connectivity index (χ0n) is 20.0. The smallest absolute Gasteiger partial charge is 0.200 e. The van der Waals surface area contributed by atoms with E-state index in [0.29, 0.717) is 48.1 Å². The van der Waals surface area contributed by atoms with E-state index < -0.39 is 53.3 Å². The second kappa shape index (κ2) is 10.3. The number of hydrogen-bond donors (Lipinski definition) is 1. The highest BCUT2D eigenvalue weighted by atomic mass is 79.9. The molecule has 3 aliphatic heterocycles. The van der Waals surface area contributed by atoms with Gasteiger partial charge in [0.05, 0.1) is 31.3 Å². The summed E-state index contributed by atoms with van der Waals surface area (Å²) in [7, 11) is 1.53. The normalized spacial score (nSPS) is 25.5. The molecule has 3 saturated heterocycles. The maximum atomic E-state index is 14.8. The van der Waals surface area contributed by atoms with Gasteiger partial charge in [-0.1, -0.05) is 6.08 Å². The van der Waals surface area contributed by atoms with Crippen LogP contribution in [0.1, 0.15) is 30.1 Å². The van der Waals surface area contributed by atoms with Crippen LogP contribution < -0.4 is 21.7 Å². The summed E-state index contributed by atoms with van der Waals surface area (Å²) in [6.45, 7) is 4.27. The topological polar surface area (TPSA) is 42.4 Å². The van der Waals surface area contributed by atoms with Crippen LogP contribution in [0.3, 0.4) is 0 Å². The third kappa shape index (κ3) is 4.42. The van der Waals surface area contributed by atoms with Crippen LogP contribution in [-0.2, 0) is 6.54 Å². The number of aliphatic hydroxyl groups excluding tert-OH is 1. The predicted octanol–water partition coefficient (Wildman–Crippen LogP) is 2.59. The highest BCUT2D eigenvalue weighted by Crippen LogP contribution is 2.48. The summed E-state index contributed by atoms with van der Waals surface area (Å²) in [4.78, 5) is 4.35. The lowest BCUT2D eigenvalue weighted by atomic mass is 9.71. The van der Waals surface area contributed by atoms with E-state index in [4.69, 9.17) is 4.74 Å². The van der Waals surface area contributed by atoms with E-state index in [2.05, 4.69) is 11.6 Å². The molecule has 198 valence electrons. The Hall–Kier alpha value is -2.56. The molecule has 2 bridgehead atoms. The predicted molar refractivity (Wildman–Crippen MR) is 123 cm³/mol. The van der Waals surface area contributed by atoms with E-state index >= 15 is 0 Å². The average Bonchev–Trinajstić information content (AvgIpc) is 2.92. The van der Waals surface area contributed by atoms with Gasteiger partial charge in [-0.25, -0.2) is 22.0 Å². The first-order valence-electron chi connectivity index (χ1n) is 11.8. The van der Waals surface area contributed by atoms with Crippen molar-refractivity contribution in [2.75, 3.05) is 20.2 Å². The Morgan fingerprint density at radius 2 is 1.78 bits per heavy atom. The van der Waals surface area contributed by atoms with Gasteiger partial charge < -0.3 is 31.3 Å². The molecule has 0 saturated carbocycles. The highest BCUT2D eigenvalue weighted by Gasteiger charge is 2.54. The highest BCUT2D eigenvalue weighted by molar-refractivity contribution is 5.83. The minimum absolute atomic E-state index is 0. The quantitative estimate of drug-likeness (QED) is 0.159. The summed E-state index contributed by atoms with van der Waals surface area (Å²) in [6.07, 6.45) is 3.49. The lowest BCUT2D eigenvalue weighted by Crippen LogP contribution is -3.00. The number of piperidine rings is 3. The van der Waals surface area contributed by atoms with Crippen molar-refractivity contribution in [3.05, 3.63) is 83.3 Å². The molecular weight excluding hydrogens is 559 g/mol. The molecule has 1 N–H and O–H groups in total. The summed E-state index contributed by atoms with van der Waals surface area (Å²) >= 11 is 0. The lowest BCUT2D eigenvalue weighted by Gasteiger charge is -2.58. The van der Waals surface area contributed by atoms with Crippen molar-refractivity contribution < 1.29 is 53.3 Å². The fourth-order valence-corrected chi connectivity index (χ4v) is 6.22. The molecule has 3 fully saturated rings. The zero-order chi connectivity index (χ0) is 25.8. The van der Waals surface area contributed by atoms with E-state index in [1.807, 2.05) is 0 Å². The average molecular weight is 585 g/mol. The van der Waals surface area contributed by atoms with E-state index in [0.717, 1.165) is 0 Å². The van der Waals surface area contributed by atoms with Gasteiger partial charge in [0.15, 0.2) is 23.3 Å². The summed E-state index contributed by atoms with van der Waals surface area (Å²) in [5.74, 6) is -8.98. The van der Waals surface area contributed by atoms with Crippen LogP contribution >= 0.6 is 0 Å². The van der Waals surface area contributed by atoms with Gasteiger partial charge in [0.2, 0.25) is 5.82 Å². The summed E-state index contributed by atoms with van der Waals surface area (Å²) in [5.41, 5.74) is 0.355. The number of aliphatic hydroxyl groups is 1. The van der Waals surface area contributed by atoms with Gasteiger partial charge in [0.1, 0.15) is 24.4 Å². The Kier molecular flexibility index (Phi) is 7.65.